The van der Waals surface area contributed by atoms with Gasteiger partial charge in [0.15, 0.2) is 0 Å². The molecule has 2 N–H and O–H groups in total. The van der Waals surface area contributed by atoms with Crippen LogP contribution in [0, 0.1) is 5.41 Å². The number of rotatable bonds is 2. The van der Waals surface area contributed by atoms with E-state index < -0.39 is 0 Å². The number of hydrogen-bond donors (Lipinski definition) is 1. The van der Waals surface area contributed by atoms with Crippen molar-refractivity contribution < 1.29 is 4.74 Å². The number of ether oxygens (including phenoxy) is 1. The van der Waals surface area contributed by atoms with Crippen molar-refractivity contribution in [3.8, 4) is 0 Å². The van der Waals surface area contributed by atoms with Gasteiger partial charge in [-0.1, -0.05) is 6.42 Å². The number of hydrogen-bond acceptors (Lipinski definition) is 2. The van der Waals surface area contributed by atoms with Gasteiger partial charge >= 0.3 is 0 Å². The second kappa shape index (κ2) is 2.76. The summed E-state index contributed by atoms with van der Waals surface area (Å²) in [7, 11) is 0. The van der Waals surface area contributed by atoms with Gasteiger partial charge in [0.2, 0.25) is 0 Å². The molecule has 2 aliphatic rings. The van der Waals surface area contributed by atoms with Crippen molar-refractivity contribution in [2.75, 3.05) is 13.2 Å². The second-order valence-corrected chi connectivity index (χ2v) is 3.92. The Hall–Kier alpha value is -0.0800. The van der Waals surface area contributed by atoms with E-state index in [2.05, 4.69) is 0 Å². The van der Waals surface area contributed by atoms with Crippen LogP contribution >= 0.6 is 0 Å². The SMILES string of the molecule is NCC1(C2CCCO2)CCC1. The zero-order valence-corrected chi connectivity index (χ0v) is 7.01. The Kier molecular flexibility index (Phi) is 1.90. The molecular formula is C9H17NO. The Bertz CT molecular complexity index is 131. The lowest BCUT2D eigenvalue weighted by molar-refractivity contribution is -0.0438. The fourth-order valence-corrected chi connectivity index (χ4v) is 2.35. The Labute approximate surface area is 68.1 Å². The van der Waals surface area contributed by atoms with Crippen LogP contribution in [0.25, 0.3) is 0 Å². The maximum Gasteiger partial charge on any atom is 0.0644 e. The van der Waals surface area contributed by atoms with Crippen molar-refractivity contribution in [3.05, 3.63) is 0 Å². The van der Waals surface area contributed by atoms with E-state index in [4.69, 9.17) is 10.5 Å². The lowest BCUT2D eigenvalue weighted by Crippen LogP contribution is -2.46. The standard InChI is InChI=1S/C9H17NO/c10-7-9(4-2-5-9)8-3-1-6-11-8/h8H,1-7,10H2. The van der Waals surface area contributed by atoms with Crippen LogP contribution in [-0.2, 0) is 4.74 Å². The molecule has 64 valence electrons. The Morgan fingerprint density at radius 2 is 2.18 bits per heavy atom. The van der Waals surface area contributed by atoms with Gasteiger partial charge in [-0.15, -0.1) is 0 Å². The Balaban J connectivity index is 1.99. The van der Waals surface area contributed by atoms with E-state index in [1.165, 1.54) is 32.1 Å². The molecule has 2 fully saturated rings. The maximum atomic E-state index is 5.77. The summed E-state index contributed by atoms with van der Waals surface area (Å²) in [5, 5.41) is 0. The van der Waals surface area contributed by atoms with Crippen molar-refractivity contribution in [2.24, 2.45) is 11.1 Å². The van der Waals surface area contributed by atoms with Gasteiger partial charge in [-0.05, 0) is 25.7 Å². The molecule has 2 heteroatoms. The molecule has 2 nitrogen and oxygen atoms in total. The Morgan fingerprint density at radius 1 is 1.36 bits per heavy atom. The fourth-order valence-electron chi connectivity index (χ4n) is 2.35. The van der Waals surface area contributed by atoms with Crippen molar-refractivity contribution in [1.82, 2.24) is 0 Å². The summed E-state index contributed by atoms with van der Waals surface area (Å²) in [6.45, 7) is 1.80. The molecule has 11 heavy (non-hydrogen) atoms. The van der Waals surface area contributed by atoms with Crippen LogP contribution in [0.15, 0.2) is 0 Å². The molecule has 1 aliphatic heterocycles. The highest BCUT2D eigenvalue weighted by atomic mass is 16.5. The first-order chi connectivity index (χ1) is 5.37. The highest BCUT2D eigenvalue weighted by Gasteiger charge is 2.44. The van der Waals surface area contributed by atoms with E-state index in [0.717, 1.165) is 13.2 Å². The predicted octanol–water partition coefficient (Wildman–Crippen LogP) is 1.29. The van der Waals surface area contributed by atoms with Crippen molar-refractivity contribution in [3.63, 3.8) is 0 Å². The summed E-state index contributed by atoms with van der Waals surface area (Å²) in [6, 6.07) is 0. The molecule has 1 saturated heterocycles. The predicted molar refractivity (Wildman–Crippen MR) is 44.3 cm³/mol. The molecule has 0 aromatic rings. The summed E-state index contributed by atoms with van der Waals surface area (Å²) in [6.07, 6.45) is 6.95. The van der Waals surface area contributed by atoms with E-state index in [-0.39, 0.29) is 0 Å². The molecule has 0 radical (unpaired) electrons. The maximum absolute atomic E-state index is 5.77. The normalized spacial score (nSPS) is 35.2. The molecule has 0 bridgehead atoms. The zero-order chi connectivity index (χ0) is 7.73. The van der Waals surface area contributed by atoms with Crippen molar-refractivity contribution in [2.45, 2.75) is 38.2 Å². The molecule has 0 amide bonds. The largest absolute Gasteiger partial charge is 0.378 e. The van der Waals surface area contributed by atoms with Gasteiger partial charge in [-0.3, -0.25) is 0 Å². The van der Waals surface area contributed by atoms with Gasteiger partial charge in [-0.25, -0.2) is 0 Å². The van der Waals surface area contributed by atoms with Crippen LogP contribution < -0.4 is 5.73 Å². The van der Waals surface area contributed by atoms with Crippen molar-refractivity contribution >= 4 is 0 Å². The highest BCUT2D eigenvalue weighted by molar-refractivity contribution is 4.96. The lowest BCUT2D eigenvalue weighted by atomic mass is 9.64. The van der Waals surface area contributed by atoms with Crippen LogP contribution in [0.2, 0.25) is 0 Å². The Morgan fingerprint density at radius 3 is 2.55 bits per heavy atom. The third kappa shape index (κ3) is 1.09. The topological polar surface area (TPSA) is 35.2 Å². The van der Waals surface area contributed by atoms with E-state index in [1.54, 1.807) is 0 Å². The summed E-state index contributed by atoms with van der Waals surface area (Å²) in [4.78, 5) is 0. The third-order valence-electron chi connectivity index (χ3n) is 3.37. The average molecular weight is 155 g/mol. The van der Waals surface area contributed by atoms with Crippen LogP contribution in [0.1, 0.15) is 32.1 Å². The van der Waals surface area contributed by atoms with E-state index in [1.807, 2.05) is 0 Å². The van der Waals surface area contributed by atoms with E-state index in [0.29, 0.717) is 11.5 Å². The van der Waals surface area contributed by atoms with Gasteiger partial charge in [0, 0.05) is 18.6 Å². The monoisotopic (exact) mass is 155 g/mol. The first-order valence-electron chi connectivity index (χ1n) is 4.69. The van der Waals surface area contributed by atoms with Gasteiger partial charge in [-0.2, -0.15) is 0 Å². The van der Waals surface area contributed by atoms with Gasteiger partial charge in [0.1, 0.15) is 0 Å². The molecular weight excluding hydrogens is 138 g/mol. The summed E-state index contributed by atoms with van der Waals surface area (Å²) < 4.78 is 5.67. The minimum atomic E-state index is 0.399. The fraction of sp³-hybridized carbons (Fsp3) is 1.00. The molecule has 0 aromatic heterocycles. The summed E-state index contributed by atoms with van der Waals surface area (Å²) >= 11 is 0. The molecule has 1 saturated carbocycles. The first-order valence-corrected chi connectivity index (χ1v) is 4.69. The van der Waals surface area contributed by atoms with Gasteiger partial charge in [0.25, 0.3) is 0 Å². The van der Waals surface area contributed by atoms with Crippen LogP contribution in [0.5, 0.6) is 0 Å². The quantitative estimate of drug-likeness (QED) is 0.652. The van der Waals surface area contributed by atoms with Crippen molar-refractivity contribution in [1.29, 1.82) is 0 Å². The molecule has 1 unspecified atom stereocenters. The van der Waals surface area contributed by atoms with Gasteiger partial charge < -0.3 is 10.5 Å². The van der Waals surface area contributed by atoms with Gasteiger partial charge in [0.05, 0.1) is 6.10 Å². The molecule has 2 rings (SSSR count). The molecule has 0 aromatic carbocycles. The average Bonchev–Trinajstić information content (AvgIpc) is 2.39. The molecule has 0 spiro atoms. The summed E-state index contributed by atoms with van der Waals surface area (Å²) in [5.74, 6) is 0. The first kappa shape index (κ1) is 7.56. The zero-order valence-electron chi connectivity index (χ0n) is 7.01. The van der Waals surface area contributed by atoms with E-state index in [9.17, 15) is 0 Å². The molecule has 1 heterocycles. The van der Waals surface area contributed by atoms with Crippen LogP contribution in [0.3, 0.4) is 0 Å². The van der Waals surface area contributed by atoms with Crippen LogP contribution in [-0.4, -0.2) is 19.3 Å². The lowest BCUT2D eigenvalue weighted by Gasteiger charge is -2.45. The molecule has 1 atom stereocenters. The minimum Gasteiger partial charge on any atom is -0.378 e. The van der Waals surface area contributed by atoms with Crippen LogP contribution in [0.4, 0.5) is 0 Å². The molecule has 1 aliphatic carbocycles. The summed E-state index contributed by atoms with van der Waals surface area (Å²) in [5.41, 5.74) is 6.17. The second-order valence-electron chi connectivity index (χ2n) is 3.92. The minimum absolute atomic E-state index is 0.399. The number of nitrogens with two attached hydrogens (primary N) is 1. The smallest absolute Gasteiger partial charge is 0.0644 e. The third-order valence-corrected chi connectivity index (χ3v) is 3.37. The van der Waals surface area contributed by atoms with E-state index >= 15 is 0 Å². The highest BCUT2D eigenvalue weighted by Crippen LogP contribution is 2.46.